The van der Waals surface area contributed by atoms with E-state index in [2.05, 4.69) is 38.1 Å². The molecule has 0 bridgehead atoms. The first-order chi connectivity index (χ1) is 11.4. The van der Waals surface area contributed by atoms with E-state index < -0.39 is 0 Å². The first-order valence-electron chi connectivity index (χ1n) is 8.05. The second-order valence-corrected chi connectivity index (χ2v) is 6.74. The van der Waals surface area contributed by atoms with E-state index in [4.69, 9.17) is 0 Å². The minimum absolute atomic E-state index is 0.235. The molecule has 1 heterocycles. The summed E-state index contributed by atoms with van der Waals surface area (Å²) in [5, 5.41) is 2.89. The van der Waals surface area contributed by atoms with Crippen molar-refractivity contribution in [2.24, 2.45) is 0 Å². The van der Waals surface area contributed by atoms with Crippen LogP contribution in [0.2, 0.25) is 0 Å². The van der Waals surface area contributed by atoms with Gasteiger partial charge in [-0.2, -0.15) is 0 Å². The molecule has 0 unspecified atom stereocenters. The van der Waals surface area contributed by atoms with Crippen LogP contribution in [0.1, 0.15) is 41.5 Å². The van der Waals surface area contributed by atoms with Crippen LogP contribution < -0.4 is 10.2 Å². The fraction of sp³-hybridized carbons (Fsp3) is 0.389. The van der Waals surface area contributed by atoms with Crippen LogP contribution in [0.25, 0.3) is 0 Å². The van der Waals surface area contributed by atoms with Crippen molar-refractivity contribution in [1.82, 2.24) is 9.97 Å². The monoisotopic (exact) mass is 390 g/mol. The van der Waals surface area contributed by atoms with Crippen molar-refractivity contribution in [3.05, 3.63) is 45.7 Å². The number of benzene rings is 1. The summed E-state index contributed by atoms with van der Waals surface area (Å²) in [6.45, 7) is 6.88. The molecule has 1 aromatic heterocycles. The number of hydrogen-bond donors (Lipinski definition) is 1. The quantitative estimate of drug-likeness (QED) is 0.796. The summed E-state index contributed by atoms with van der Waals surface area (Å²) in [7, 11) is 1.95. The molecule has 1 amide bonds. The van der Waals surface area contributed by atoms with Gasteiger partial charge in [0.1, 0.15) is 5.69 Å². The molecule has 0 aliphatic rings. The molecule has 0 aliphatic heterocycles. The van der Waals surface area contributed by atoms with Crippen molar-refractivity contribution >= 4 is 33.5 Å². The van der Waals surface area contributed by atoms with E-state index in [0.29, 0.717) is 11.6 Å². The van der Waals surface area contributed by atoms with Crippen LogP contribution in [0.5, 0.6) is 0 Å². The highest BCUT2D eigenvalue weighted by Gasteiger charge is 2.13. The number of rotatable bonds is 6. The third-order valence-electron chi connectivity index (χ3n) is 3.69. The smallest absolute Gasteiger partial charge is 0.274 e. The molecule has 1 aromatic carbocycles. The summed E-state index contributed by atoms with van der Waals surface area (Å²) < 4.78 is 0.958. The Morgan fingerprint density at radius 1 is 1.25 bits per heavy atom. The zero-order chi connectivity index (χ0) is 17.7. The number of aromatic nitrogens is 2. The number of halogens is 1. The lowest BCUT2D eigenvalue weighted by Gasteiger charge is -2.17. The van der Waals surface area contributed by atoms with Crippen LogP contribution in [0, 0.1) is 13.8 Å². The number of nitrogens with one attached hydrogen (secondary N) is 1. The fourth-order valence-electron chi connectivity index (χ4n) is 2.20. The molecular formula is C18H23BrN4O. The Labute approximate surface area is 151 Å². The SMILES string of the molecule is CCCCN(C)c1nc(C)cc(C(=O)Nc2ccc(C)c(Br)c2)n1. The van der Waals surface area contributed by atoms with Gasteiger partial charge in [0.2, 0.25) is 5.95 Å². The largest absolute Gasteiger partial charge is 0.344 e. The molecule has 2 rings (SSSR count). The van der Waals surface area contributed by atoms with E-state index in [0.717, 1.165) is 40.8 Å². The second kappa shape index (κ2) is 8.24. The number of anilines is 2. The van der Waals surface area contributed by atoms with Gasteiger partial charge in [-0.25, -0.2) is 9.97 Å². The maximum absolute atomic E-state index is 12.5. The summed E-state index contributed by atoms with van der Waals surface area (Å²) in [4.78, 5) is 23.3. The van der Waals surface area contributed by atoms with Crippen molar-refractivity contribution in [3.8, 4) is 0 Å². The number of carbonyl (C=O) groups is 1. The standard InChI is InChI=1S/C18H23BrN4O/c1-5-6-9-23(4)18-20-13(3)10-16(22-18)17(24)21-14-8-7-12(2)15(19)11-14/h7-8,10-11H,5-6,9H2,1-4H3,(H,21,24). The number of nitrogens with zero attached hydrogens (tertiary/aromatic N) is 3. The van der Waals surface area contributed by atoms with Crippen LogP contribution in [0.15, 0.2) is 28.7 Å². The van der Waals surface area contributed by atoms with Gasteiger partial charge in [0.15, 0.2) is 0 Å². The molecule has 0 saturated carbocycles. The fourth-order valence-corrected chi connectivity index (χ4v) is 2.58. The topological polar surface area (TPSA) is 58.1 Å². The zero-order valence-corrected chi connectivity index (χ0v) is 16.1. The lowest BCUT2D eigenvalue weighted by atomic mass is 10.2. The van der Waals surface area contributed by atoms with Gasteiger partial charge in [0, 0.05) is 29.4 Å². The molecule has 6 heteroatoms. The van der Waals surface area contributed by atoms with Gasteiger partial charge in [-0.15, -0.1) is 0 Å². The maximum atomic E-state index is 12.5. The van der Waals surface area contributed by atoms with Gasteiger partial charge in [0.25, 0.3) is 5.91 Å². The molecule has 0 aliphatic carbocycles. The molecule has 0 spiro atoms. The Hall–Kier alpha value is -1.95. The molecule has 24 heavy (non-hydrogen) atoms. The second-order valence-electron chi connectivity index (χ2n) is 5.89. The average Bonchev–Trinajstić information content (AvgIpc) is 2.55. The Kier molecular flexibility index (Phi) is 6.31. The minimum Gasteiger partial charge on any atom is -0.344 e. The van der Waals surface area contributed by atoms with Gasteiger partial charge < -0.3 is 10.2 Å². The van der Waals surface area contributed by atoms with E-state index in [1.165, 1.54) is 0 Å². The normalized spacial score (nSPS) is 10.5. The van der Waals surface area contributed by atoms with E-state index in [1.54, 1.807) is 6.07 Å². The number of amides is 1. The Balaban J connectivity index is 2.19. The molecule has 0 radical (unpaired) electrons. The number of hydrogen-bond acceptors (Lipinski definition) is 4. The average molecular weight is 391 g/mol. The summed E-state index contributed by atoms with van der Waals surface area (Å²) >= 11 is 3.47. The van der Waals surface area contributed by atoms with Crippen LogP contribution in [-0.2, 0) is 0 Å². The number of unbranched alkanes of at least 4 members (excludes halogenated alkanes) is 1. The molecule has 0 atom stereocenters. The lowest BCUT2D eigenvalue weighted by molar-refractivity contribution is 0.102. The molecule has 0 fully saturated rings. The predicted octanol–water partition coefficient (Wildman–Crippen LogP) is 4.34. The molecule has 2 aromatic rings. The van der Waals surface area contributed by atoms with Crippen molar-refractivity contribution in [3.63, 3.8) is 0 Å². The van der Waals surface area contributed by atoms with Gasteiger partial charge >= 0.3 is 0 Å². The summed E-state index contributed by atoms with van der Waals surface area (Å²) in [6.07, 6.45) is 2.17. The zero-order valence-electron chi connectivity index (χ0n) is 14.6. The third-order valence-corrected chi connectivity index (χ3v) is 4.55. The number of aryl methyl sites for hydroxylation is 2. The Morgan fingerprint density at radius 2 is 2.00 bits per heavy atom. The van der Waals surface area contributed by atoms with Gasteiger partial charge in [-0.1, -0.05) is 35.3 Å². The highest BCUT2D eigenvalue weighted by molar-refractivity contribution is 9.10. The summed E-state index contributed by atoms with van der Waals surface area (Å²) in [5.74, 6) is 0.347. The Bertz CT molecular complexity index is 733. The molecular weight excluding hydrogens is 368 g/mol. The maximum Gasteiger partial charge on any atom is 0.274 e. The lowest BCUT2D eigenvalue weighted by Crippen LogP contribution is -2.23. The Morgan fingerprint density at radius 3 is 2.67 bits per heavy atom. The van der Waals surface area contributed by atoms with Crippen molar-refractivity contribution in [1.29, 1.82) is 0 Å². The van der Waals surface area contributed by atoms with E-state index in [1.807, 2.05) is 44.0 Å². The summed E-state index contributed by atoms with van der Waals surface area (Å²) in [6, 6.07) is 7.42. The molecule has 0 saturated heterocycles. The van der Waals surface area contributed by atoms with Crippen LogP contribution in [-0.4, -0.2) is 29.5 Å². The third kappa shape index (κ3) is 4.77. The van der Waals surface area contributed by atoms with Gasteiger partial charge in [-0.3, -0.25) is 4.79 Å². The van der Waals surface area contributed by atoms with Crippen LogP contribution in [0.4, 0.5) is 11.6 Å². The molecule has 1 N–H and O–H groups in total. The first kappa shape index (κ1) is 18.4. The van der Waals surface area contributed by atoms with Crippen molar-refractivity contribution < 1.29 is 4.79 Å². The highest BCUT2D eigenvalue weighted by Crippen LogP contribution is 2.21. The van der Waals surface area contributed by atoms with E-state index in [-0.39, 0.29) is 5.91 Å². The van der Waals surface area contributed by atoms with Gasteiger partial charge in [-0.05, 0) is 44.0 Å². The summed E-state index contributed by atoms with van der Waals surface area (Å²) in [5.41, 5.74) is 3.00. The van der Waals surface area contributed by atoms with Crippen LogP contribution >= 0.6 is 15.9 Å². The highest BCUT2D eigenvalue weighted by atomic mass is 79.9. The molecule has 5 nitrogen and oxygen atoms in total. The predicted molar refractivity (Wildman–Crippen MR) is 102 cm³/mol. The first-order valence-corrected chi connectivity index (χ1v) is 8.84. The van der Waals surface area contributed by atoms with Crippen molar-refractivity contribution in [2.45, 2.75) is 33.6 Å². The van der Waals surface area contributed by atoms with Crippen molar-refractivity contribution in [2.75, 3.05) is 23.8 Å². The van der Waals surface area contributed by atoms with Crippen LogP contribution in [0.3, 0.4) is 0 Å². The van der Waals surface area contributed by atoms with Gasteiger partial charge in [0.05, 0.1) is 0 Å². The minimum atomic E-state index is -0.235. The number of carbonyl (C=O) groups excluding carboxylic acids is 1. The molecule has 128 valence electrons. The van der Waals surface area contributed by atoms with E-state index >= 15 is 0 Å². The van der Waals surface area contributed by atoms with E-state index in [9.17, 15) is 4.79 Å².